The molecule has 0 aromatic rings. The molecule has 0 fully saturated rings. The highest BCUT2D eigenvalue weighted by atomic mass is 16.4. The Morgan fingerprint density at radius 1 is 0.719 bits per heavy atom. The third-order valence-electron chi connectivity index (χ3n) is 3.89. The average molecular weight is 462 g/mol. The van der Waals surface area contributed by atoms with E-state index in [1.807, 2.05) is 10.6 Å². The van der Waals surface area contributed by atoms with E-state index in [2.05, 4.69) is 5.32 Å². The molecule has 180 valence electrons. The van der Waals surface area contributed by atoms with E-state index in [-0.39, 0.29) is 12.8 Å². The van der Waals surface area contributed by atoms with Crippen LogP contribution in [0.1, 0.15) is 25.7 Å². The van der Waals surface area contributed by atoms with Gasteiger partial charge in [0.25, 0.3) is 0 Å². The van der Waals surface area contributed by atoms with Crippen LogP contribution in [-0.2, 0) is 33.6 Å². The van der Waals surface area contributed by atoms with Crippen molar-refractivity contribution >= 4 is 41.5 Å². The molecule has 16 heteroatoms. The fourth-order valence-electron chi connectivity index (χ4n) is 2.23. The van der Waals surface area contributed by atoms with Crippen LogP contribution >= 0.6 is 0 Å². The summed E-state index contributed by atoms with van der Waals surface area (Å²) in [6.45, 7) is -1.02. The summed E-state index contributed by atoms with van der Waals surface area (Å²) < 4.78 is 0. The van der Waals surface area contributed by atoms with Gasteiger partial charge in [-0.2, -0.15) is 0 Å². The van der Waals surface area contributed by atoms with E-state index in [0.29, 0.717) is 0 Å². The number of carboxylic acids is 2. The normalized spacial score (nSPS) is 14.2. The molecular formula is C16H26N6O10. The molecule has 12 N–H and O–H groups in total. The molecule has 32 heavy (non-hydrogen) atoms. The van der Waals surface area contributed by atoms with Crippen molar-refractivity contribution in [1.82, 2.24) is 16.0 Å². The number of aliphatic hydroxyl groups is 1. The highest BCUT2D eigenvalue weighted by molar-refractivity contribution is 5.97. The van der Waals surface area contributed by atoms with E-state index < -0.39 is 85.1 Å². The molecule has 0 heterocycles. The van der Waals surface area contributed by atoms with Gasteiger partial charge < -0.3 is 48.5 Å². The summed E-state index contributed by atoms with van der Waals surface area (Å²) >= 11 is 0. The highest BCUT2D eigenvalue weighted by Gasteiger charge is 2.32. The molecule has 4 atom stereocenters. The van der Waals surface area contributed by atoms with Crippen LogP contribution in [0.3, 0.4) is 0 Å². The maximum Gasteiger partial charge on any atom is 0.328 e. The number of nitrogens with two attached hydrogens (primary N) is 3. The van der Waals surface area contributed by atoms with Crippen molar-refractivity contribution < 1.29 is 48.9 Å². The van der Waals surface area contributed by atoms with Gasteiger partial charge in [0.1, 0.15) is 18.1 Å². The van der Waals surface area contributed by atoms with Gasteiger partial charge in [-0.1, -0.05) is 0 Å². The number of hydrogen-bond donors (Lipinski definition) is 9. The van der Waals surface area contributed by atoms with Crippen molar-refractivity contribution in [2.24, 2.45) is 17.2 Å². The Balaban J connectivity index is 5.43. The number of nitrogens with one attached hydrogen (secondary N) is 3. The summed E-state index contributed by atoms with van der Waals surface area (Å²) in [6.07, 6.45) is -2.16. The minimum Gasteiger partial charge on any atom is -0.481 e. The predicted molar refractivity (Wildman–Crippen MR) is 103 cm³/mol. The molecule has 4 unspecified atom stereocenters. The quantitative estimate of drug-likeness (QED) is 0.110. The van der Waals surface area contributed by atoms with Gasteiger partial charge in [0, 0.05) is 6.42 Å². The predicted octanol–water partition coefficient (Wildman–Crippen LogP) is -5.54. The first-order valence-electron chi connectivity index (χ1n) is 9.07. The molecule has 0 spiro atoms. The number of rotatable bonds is 15. The first-order chi connectivity index (χ1) is 14.8. The minimum atomic E-state index is -1.83. The first kappa shape index (κ1) is 28.2. The molecule has 0 saturated heterocycles. The number of aliphatic hydroxyl groups excluding tert-OH is 1. The zero-order valence-electron chi connectivity index (χ0n) is 16.8. The summed E-state index contributed by atoms with van der Waals surface area (Å²) in [5.74, 6) is -8.36. The molecule has 5 amide bonds. The Morgan fingerprint density at radius 3 is 1.59 bits per heavy atom. The molecule has 0 aromatic carbocycles. The topological polar surface area (TPSA) is 294 Å². The van der Waals surface area contributed by atoms with E-state index >= 15 is 0 Å². The van der Waals surface area contributed by atoms with Crippen LogP contribution in [0.5, 0.6) is 0 Å². The fourth-order valence-corrected chi connectivity index (χ4v) is 2.23. The summed E-state index contributed by atoms with van der Waals surface area (Å²) in [4.78, 5) is 80.8. The Bertz CT molecular complexity index is 758. The standard InChI is InChI=1S/C16H26N6O10/c17-6(1-2-10(18)24)13(28)20-7(3-11(19)25)14(29)21-8(4-12(26)27)15(30)22-9(5-23)16(31)32/h6-9,23H,1-5,17H2,(H2,18,24)(H2,19,25)(H,20,28)(H,21,29)(H,22,30)(H,26,27)(H,31,32). The Kier molecular flexibility index (Phi) is 11.9. The van der Waals surface area contributed by atoms with Gasteiger partial charge in [-0.05, 0) is 6.42 Å². The molecule has 16 nitrogen and oxygen atoms in total. The number of primary amides is 2. The van der Waals surface area contributed by atoms with E-state index in [1.165, 1.54) is 0 Å². The third kappa shape index (κ3) is 10.8. The lowest BCUT2D eigenvalue weighted by atomic mass is 10.1. The minimum absolute atomic E-state index is 0.173. The number of amides is 5. The van der Waals surface area contributed by atoms with Crippen molar-refractivity contribution in [3.05, 3.63) is 0 Å². The Morgan fingerprint density at radius 2 is 1.19 bits per heavy atom. The summed E-state index contributed by atoms with van der Waals surface area (Å²) in [5.41, 5.74) is 15.6. The van der Waals surface area contributed by atoms with Crippen molar-refractivity contribution in [3.8, 4) is 0 Å². The van der Waals surface area contributed by atoms with E-state index in [4.69, 9.17) is 32.5 Å². The van der Waals surface area contributed by atoms with Crippen LogP contribution in [-0.4, -0.2) is 87.6 Å². The lowest BCUT2D eigenvalue weighted by Crippen LogP contribution is -2.58. The molecule has 0 aromatic heterocycles. The number of carbonyl (C=O) groups excluding carboxylic acids is 5. The zero-order chi connectivity index (χ0) is 25.0. The van der Waals surface area contributed by atoms with Crippen LogP contribution < -0.4 is 33.2 Å². The molecule has 0 rings (SSSR count). The van der Waals surface area contributed by atoms with Gasteiger partial charge in [0.15, 0.2) is 0 Å². The van der Waals surface area contributed by atoms with Crippen molar-refractivity contribution in [3.63, 3.8) is 0 Å². The molecule has 0 bridgehead atoms. The zero-order valence-corrected chi connectivity index (χ0v) is 16.8. The second-order valence-electron chi connectivity index (χ2n) is 6.58. The maximum absolute atomic E-state index is 12.5. The van der Waals surface area contributed by atoms with Crippen LogP contribution in [0.25, 0.3) is 0 Å². The van der Waals surface area contributed by atoms with Crippen molar-refractivity contribution in [2.45, 2.75) is 49.9 Å². The average Bonchev–Trinajstić information content (AvgIpc) is 2.67. The molecule has 0 saturated carbocycles. The summed E-state index contributed by atoms with van der Waals surface area (Å²) in [7, 11) is 0. The van der Waals surface area contributed by atoms with Crippen LogP contribution in [0.2, 0.25) is 0 Å². The SMILES string of the molecule is NC(=O)CCC(N)C(=O)NC(CC(N)=O)C(=O)NC(CC(=O)O)C(=O)NC(CO)C(=O)O. The van der Waals surface area contributed by atoms with E-state index in [9.17, 15) is 33.6 Å². The maximum atomic E-state index is 12.5. The summed E-state index contributed by atoms with van der Waals surface area (Å²) in [6, 6.07) is -6.56. The first-order valence-corrected chi connectivity index (χ1v) is 9.07. The number of aliphatic carboxylic acids is 2. The molecule has 0 aliphatic carbocycles. The lowest BCUT2D eigenvalue weighted by molar-refractivity contribution is -0.144. The van der Waals surface area contributed by atoms with E-state index in [1.54, 1.807) is 0 Å². The summed E-state index contributed by atoms with van der Waals surface area (Å²) in [5, 5.41) is 32.7. The lowest BCUT2D eigenvalue weighted by Gasteiger charge is -2.23. The van der Waals surface area contributed by atoms with Gasteiger partial charge in [-0.25, -0.2) is 4.79 Å². The van der Waals surface area contributed by atoms with Gasteiger partial charge >= 0.3 is 11.9 Å². The smallest absolute Gasteiger partial charge is 0.328 e. The molecule has 0 aliphatic heterocycles. The molecular weight excluding hydrogens is 436 g/mol. The fraction of sp³-hybridized carbons (Fsp3) is 0.562. The van der Waals surface area contributed by atoms with Gasteiger partial charge in [0.05, 0.1) is 25.5 Å². The van der Waals surface area contributed by atoms with Crippen LogP contribution in [0, 0.1) is 0 Å². The number of carbonyl (C=O) groups is 7. The second-order valence-corrected chi connectivity index (χ2v) is 6.58. The van der Waals surface area contributed by atoms with Crippen LogP contribution in [0.4, 0.5) is 0 Å². The molecule has 0 aliphatic rings. The van der Waals surface area contributed by atoms with Gasteiger partial charge in [-0.15, -0.1) is 0 Å². The Hall–Kier alpha value is -3.79. The highest BCUT2D eigenvalue weighted by Crippen LogP contribution is 2.01. The number of hydrogen-bond acceptors (Lipinski definition) is 9. The monoisotopic (exact) mass is 462 g/mol. The van der Waals surface area contributed by atoms with Crippen molar-refractivity contribution in [2.75, 3.05) is 6.61 Å². The Labute approximate surface area is 180 Å². The second kappa shape index (κ2) is 13.5. The largest absolute Gasteiger partial charge is 0.481 e. The van der Waals surface area contributed by atoms with Gasteiger partial charge in [-0.3, -0.25) is 28.8 Å². The number of carboxylic acid groups (broad SMARTS) is 2. The van der Waals surface area contributed by atoms with E-state index in [0.717, 1.165) is 0 Å². The molecule has 0 radical (unpaired) electrons. The van der Waals surface area contributed by atoms with Crippen molar-refractivity contribution in [1.29, 1.82) is 0 Å². The van der Waals surface area contributed by atoms with Crippen LogP contribution in [0.15, 0.2) is 0 Å². The van der Waals surface area contributed by atoms with Gasteiger partial charge in [0.2, 0.25) is 29.5 Å². The third-order valence-corrected chi connectivity index (χ3v) is 3.89.